The number of carboxylic acids is 1. The second-order valence-corrected chi connectivity index (χ2v) is 3.96. The van der Waals surface area contributed by atoms with E-state index in [0.29, 0.717) is 0 Å². The molecule has 1 aliphatic rings. The molecule has 1 aliphatic heterocycles. The first kappa shape index (κ1) is 12.7. The lowest BCUT2D eigenvalue weighted by atomic mass is 10.1. The Bertz CT molecular complexity index is 609. The van der Waals surface area contributed by atoms with Crippen LogP contribution in [0.15, 0.2) is 18.2 Å². The van der Waals surface area contributed by atoms with Crippen molar-refractivity contribution in [1.29, 1.82) is 0 Å². The van der Waals surface area contributed by atoms with E-state index in [1.807, 2.05) is 0 Å². The number of anilines is 1. The van der Waals surface area contributed by atoms with Gasteiger partial charge in [-0.2, -0.15) is 0 Å². The third-order valence-electron chi connectivity index (χ3n) is 2.70. The number of nitro groups is 1. The fraction of sp³-hybridized carbons (Fsp3) is 0.182. The molecule has 8 nitrogen and oxygen atoms in total. The minimum absolute atomic E-state index is 0.146. The number of carbonyl (C=O) groups excluding carboxylic acids is 2. The Balaban J connectivity index is 2.47. The van der Waals surface area contributed by atoms with Gasteiger partial charge in [0.2, 0.25) is 5.91 Å². The molecular formula is C11H8N2O6. The van der Waals surface area contributed by atoms with Crippen LogP contribution in [0.25, 0.3) is 0 Å². The first-order valence-corrected chi connectivity index (χ1v) is 5.24. The minimum atomic E-state index is -1.43. The molecule has 8 heteroatoms. The Morgan fingerprint density at radius 3 is 2.53 bits per heavy atom. The molecule has 0 aliphatic carbocycles. The van der Waals surface area contributed by atoms with Gasteiger partial charge in [-0.3, -0.25) is 19.7 Å². The second kappa shape index (κ2) is 4.48. The molecular weight excluding hydrogens is 256 g/mol. The summed E-state index contributed by atoms with van der Waals surface area (Å²) in [4.78, 5) is 44.6. The summed E-state index contributed by atoms with van der Waals surface area (Å²) in [6, 6.07) is 3.30. The summed E-state index contributed by atoms with van der Waals surface area (Å²) < 4.78 is 0. The molecule has 1 fully saturated rings. The number of rotatable bonds is 3. The standard InChI is InChI=1S/C11H8N2O6/c14-7-4-10(15)12(5-7)6-1-2-8(11(16)17)9(3-6)13(18)19/h1-3H,4-5H2,(H,16,17). The Morgan fingerprint density at radius 1 is 1.37 bits per heavy atom. The van der Waals surface area contributed by atoms with Gasteiger partial charge in [0.05, 0.1) is 23.6 Å². The minimum Gasteiger partial charge on any atom is -0.477 e. The SMILES string of the molecule is O=C1CC(=O)N(c2ccc(C(=O)O)c([N+](=O)[O-])c2)C1. The molecule has 0 aromatic heterocycles. The monoisotopic (exact) mass is 264 g/mol. The number of carboxylic acid groups (broad SMARTS) is 1. The van der Waals surface area contributed by atoms with Crippen molar-refractivity contribution in [2.24, 2.45) is 0 Å². The van der Waals surface area contributed by atoms with Crippen LogP contribution in [0.3, 0.4) is 0 Å². The van der Waals surface area contributed by atoms with Crippen molar-refractivity contribution < 1.29 is 24.4 Å². The summed E-state index contributed by atoms with van der Waals surface area (Å²) in [7, 11) is 0. The lowest BCUT2D eigenvalue weighted by molar-refractivity contribution is -0.385. The largest absolute Gasteiger partial charge is 0.477 e. The first-order chi connectivity index (χ1) is 8.90. The summed E-state index contributed by atoms with van der Waals surface area (Å²) in [5.41, 5.74) is -0.934. The molecule has 1 aromatic carbocycles. The van der Waals surface area contributed by atoms with Crippen LogP contribution < -0.4 is 4.90 Å². The predicted molar refractivity (Wildman–Crippen MR) is 62.0 cm³/mol. The molecule has 1 aromatic rings. The smallest absolute Gasteiger partial charge is 0.342 e. The van der Waals surface area contributed by atoms with Gasteiger partial charge in [0.25, 0.3) is 5.69 Å². The number of Topliss-reactive ketones (excluding diaryl/α,β-unsaturated/α-hetero) is 1. The quantitative estimate of drug-likeness (QED) is 0.485. The summed E-state index contributed by atoms with van der Waals surface area (Å²) in [5.74, 6) is -2.17. The zero-order valence-corrected chi connectivity index (χ0v) is 9.53. The molecule has 0 radical (unpaired) electrons. The van der Waals surface area contributed by atoms with Crippen molar-refractivity contribution in [3.63, 3.8) is 0 Å². The summed E-state index contributed by atoms with van der Waals surface area (Å²) >= 11 is 0. The molecule has 0 bridgehead atoms. The van der Waals surface area contributed by atoms with E-state index in [0.717, 1.165) is 17.0 Å². The number of ketones is 1. The molecule has 0 atom stereocenters. The fourth-order valence-corrected chi connectivity index (χ4v) is 1.84. The topological polar surface area (TPSA) is 118 Å². The number of benzene rings is 1. The van der Waals surface area contributed by atoms with Crippen molar-refractivity contribution in [2.45, 2.75) is 6.42 Å². The predicted octanol–water partition coefficient (Wildman–Crippen LogP) is 0.599. The molecule has 1 N–H and O–H groups in total. The number of hydrogen-bond acceptors (Lipinski definition) is 5. The van der Waals surface area contributed by atoms with E-state index in [4.69, 9.17) is 5.11 Å². The zero-order valence-electron chi connectivity index (χ0n) is 9.53. The van der Waals surface area contributed by atoms with Gasteiger partial charge in [0.1, 0.15) is 5.56 Å². The van der Waals surface area contributed by atoms with Gasteiger partial charge in [-0.05, 0) is 12.1 Å². The van der Waals surface area contributed by atoms with Crippen molar-refractivity contribution in [3.8, 4) is 0 Å². The van der Waals surface area contributed by atoms with Crippen molar-refractivity contribution in [2.75, 3.05) is 11.4 Å². The number of aromatic carboxylic acids is 1. The van der Waals surface area contributed by atoms with Crippen molar-refractivity contribution in [3.05, 3.63) is 33.9 Å². The van der Waals surface area contributed by atoms with Crippen LogP contribution in [-0.4, -0.2) is 34.2 Å². The van der Waals surface area contributed by atoms with E-state index >= 15 is 0 Å². The third kappa shape index (κ3) is 2.28. The summed E-state index contributed by atoms with van der Waals surface area (Å²) in [6.07, 6.45) is -0.242. The van der Waals surface area contributed by atoms with Crippen LogP contribution in [0.1, 0.15) is 16.8 Å². The maximum Gasteiger partial charge on any atom is 0.342 e. The lowest BCUT2D eigenvalue weighted by Crippen LogP contribution is -2.24. The normalized spacial score (nSPS) is 14.8. The fourth-order valence-electron chi connectivity index (χ4n) is 1.84. The Hall–Kier alpha value is -2.77. The van der Waals surface area contributed by atoms with Gasteiger partial charge in [0.15, 0.2) is 5.78 Å². The maximum absolute atomic E-state index is 11.5. The van der Waals surface area contributed by atoms with Crippen molar-refractivity contribution in [1.82, 2.24) is 0 Å². The molecule has 0 saturated carbocycles. The van der Waals surface area contributed by atoms with Gasteiger partial charge in [-0.15, -0.1) is 0 Å². The highest BCUT2D eigenvalue weighted by Crippen LogP contribution is 2.27. The van der Waals surface area contributed by atoms with E-state index in [1.165, 1.54) is 6.07 Å². The molecule has 2 rings (SSSR count). The van der Waals surface area contributed by atoms with Gasteiger partial charge in [-0.25, -0.2) is 4.79 Å². The molecule has 1 amide bonds. The van der Waals surface area contributed by atoms with E-state index in [2.05, 4.69) is 0 Å². The number of nitro benzene ring substituents is 1. The highest BCUT2D eigenvalue weighted by Gasteiger charge is 2.30. The van der Waals surface area contributed by atoms with E-state index in [9.17, 15) is 24.5 Å². The molecule has 0 spiro atoms. The first-order valence-electron chi connectivity index (χ1n) is 5.24. The lowest BCUT2D eigenvalue weighted by Gasteiger charge is -2.14. The number of nitrogens with zero attached hydrogens (tertiary/aromatic N) is 2. The Morgan fingerprint density at radius 2 is 2.05 bits per heavy atom. The van der Waals surface area contributed by atoms with E-state index in [1.54, 1.807) is 0 Å². The average Bonchev–Trinajstić information content (AvgIpc) is 2.67. The van der Waals surface area contributed by atoms with Crippen LogP contribution in [0.2, 0.25) is 0 Å². The molecule has 19 heavy (non-hydrogen) atoms. The van der Waals surface area contributed by atoms with Crippen LogP contribution in [0.5, 0.6) is 0 Å². The van der Waals surface area contributed by atoms with Crippen LogP contribution in [0.4, 0.5) is 11.4 Å². The zero-order chi connectivity index (χ0) is 14.2. The Kier molecular flexibility index (Phi) is 2.99. The van der Waals surface area contributed by atoms with Crippen molar-refractivity contribution >= 4 is 29.0 Å². The van der Waals surface area contributed by atoms with E-state index in [-0.39, 0.29) is 24.4 Å². The van der Waals surface area contributed by atoms with Gasteiger partial charge < -0.3 is 10.0 Å². The average molecular weight is 264 g/mol. The van der Waals surface area contributed by atoms with Gasteiger partial charge >= 0.3 is 5.97 Å². The number of amides is 1. The molecule has 1 heterocycles. The molecule has 0 unspecified atom stereocenters. The highest BCUT2D eigenvalue weighted by atomic mass is 16.6. The Labute approximate surface area is 106 Å². The maximum atomic E-state index is 11.5. The van der Waals surface area contributed by atoms with Crippen LogP contribution in [0, 0.1) is 10.1 Å². The highest BCUT2D eigenvalue weighted by molar-refractivity contribution is 6.15. The van der Waals surface area contributed by atoms with Gasteiger partial charge in [0, 0.05) is 6.07 Å². The van der Waals surface area contributed by atoms with E-state index < -0.39 is 28.1 Å². The molecule has 98 valence electrons. The third-order valence-corrected chi connectivity index (χ3v) is 2.70. The number of carbonyl (C=O) groups is 3. The second-order valence-electron chi connectivity index (χ2n) is 3.96. The van der Waals surface area contributed by atoms with Crippen LogP contribution in [-0.2, 0) is 9.59 Å². The summed E-state index contributed by atoms with van der Waals surface area (Å²) in [5, 5.41) is 19.6. The summed E-state index contributed by atoms with van der Waals surface area (Å²) in [6.45, 7) is -0.150. The molecule has 1 saturated heterocycles. The van der Waals surface area contributed by atoms with Crippen LogP contribution >= 0.6 is 0 Å². The number of hydrogen-bond donors (Lipinski definition) is 1. The van der Waals surface area contributed by atoms with Gasteiger partial charge in [-0.1, -0.05) is 0 Å².